The third kappa shape index (κ3) is 2.49. The Labute approximate surface area is 166 Å². The molecule has 1 aliphatic carbocycles. The van der Waals surface area contributed by atoms with Gasteiger partial charge in [0.05, 0.1) is 23.0 Å². The van der Waals surface area contributed by atoms with Gasteiger partial charge < -0.3 is 10.3 Å². The Morgan fingerprint density at radius 1 is 1.29 bits per heavy atom. The van der Waals surface area contributed by atoms with Crippen LogP contribution in [0.15, 0.2) is 24.4 Å². The third-order valence-electron chi connectivity index (χ3n) is 5.71. The number of aromatic nitrogens is 3. The first-order chi connectivity index (χ1) is 13.3. The molecule has 5 rings (SSSR count). The zero-order valence-electron chi connectivity index (χ0n) is 15.0. The number of halogens is 2. The van der Waals surface area contributed by atoms with E-state index >= 15 is 0 Å². The topological polar surface area (TPSA) is 91.0 Å². The predicted octanol–water partition coefficient (Wildman–Crippen LogP) is 3.70. The van der Waals surface area contributed by atoms with E-state index in [1.165, 1.54) is 10.4 Å². The van der Waals surface area contributed by atoms with E-state index in [1.807, 2.05) is 0 Å². The summed E-state index contributed by atoms with van der Waals surface area (Å²) < 4.78 is 41.1. The number of rotatable bonds is 3. The zero-order chi connectivity index (χ0) is 19.7. The van der Waals surface area contributed by atoms with Gasteiger partial charge in [-0.05, 0) is 42.6 Å². The summed E-state index contributed by atoms with van der Waals surface area (Å²) in [6, 6.07) is 4.71. The second kappa shape index (κ2) is 5.81. The molecular formula is C18H17ClFN5O2S. The first kappa shape index (κ1) is 17.7. The molecule has 1 aromatic carbocycles. The van der Waals surface area contributed by atoms with E-state index in [4.69, 9.17) is 11.6 Å². The van der Waals surface area contributed by atoms with Crippen molar-refractivity contribution in [1.82, 2.24) is 15.0 Å². The SMILES string of the molecule is CS(=O)(=O)N1CC2(CCC2)c2c(F)ccc(Nc3nc(Cl)nc4[nH]ccc34)c21. The lowest BCUT2D eigenvalue weighted by atomic mass is 9.65. The number of nitrogens with one attached hydrogen (secondary N) is 2. The summed E-state index contributed by atoms with van der Waals surface area (Å²) >= 11 is 6.02. The molecule has 1 aliphatic heterocycles. The van der Waals surface area contributed by atoms with Gasteiger partial charge in [0.15, 0.2) is 0 Å². The minimum Gasteiger partial charge on any atom is -0.346 e. The molecule has 3 aromatic rings. The van der Waals surface area contributed by atoms with Gasteiger partial charge in [0.25, 0.3) is 0 Å². The molecule has 2 aliphatic rings. The van der Waals surface area contributed by atoms with Crippen LogP contribution in [0.1, 0.15) is 24.8 Å². The molecule has 10 heteroatoms. The summed E-state index contributed by atoms with van der Waals surface area (Å²) in [5.74, 6) is 0.0481. The van der Waals surface area contributed by atoms with Crippen LogP contribution in [0, 0.1) is 5.82 Å². The Kier molecular flexibility index (Phi) is 3.67. The van der Waals surface area contributed by atoms with Gasteiger partial charge in [0.1, 0.15) is 17.3 Å². The number of anilines is 3. The van der Waals surface area contributed by atoms with Crippen molar-refractivity contribution in [3.05, 3.63) is 41.1 Å². The van der Waals surface area contributed by atoms with Crippen molar-refractivity contribution < 1.29 is 12.8 Å². The first-order valence-corrected chi connectivity index (χ1v) is 11.1. The molecule has 7 nitrogen and oxygen atoms in total. The number of sulfonamides is 1. The predicted molar refractivity (Wildman–Crippen MR) is 106 cm³/mol. The lowest BCUT2D eigenvalue weighted by molar-refractivity contribution is 0.260. The lowest BCUT2D eigenvalue weighted by Crippen LogP contribution is -2.41. The molecule has 0 saturated heterocycles. The van der Waals surface area contributed by atoms with Crippen LogP contribution in [0.2, 0.25) is 5.28 Å². The van der Waals surface area contributed by atoms with E-state index in [-0.39, 0.29) is 17.6 Å². The lowest BCUT2D eigenvalue weighted by Gasteiger charge is -2.38. The van der Waals surface area contributed by atoms with E-state index in [9.17, 15) is 12.8 Å². The van der Waals surface area contributed by atoms with Crippen LogP contribution in [0.4, 0.5) is 21.6 Å². The summed E-state index contributed by atoms with van der Waals surface area (Å²) in [6.07, 6.45) is 5.36. The van der Waals surface area contributed by atoms with Crippen molar-refractivity contribution in [2.24, 2.45) is 0 Å². The quantitative estimate of drug-likeness (QED) is 0.629. The largest absolute Gasteiger partial charge is 0.346 e. The van der Waals surface area contributed by atoms with E-state index in [2.05, 4.69) is 20.3 Å². The average Bonchev–Trinajstić information content (AvgIpc) is 3.19. The maximum atomic E-state index is 14.9. The summed E-state index contributed by atoms with van der Waals surface area (Å²) in [6.45, 7) is 0.265. The molecular weight excluding hydrogens is 405 g/mol. The number of aromatic amines is 1. The smallest absolute Gasteiger partial charge is 0.232 e. The first-order valence-electron chi connectivity index (χ1n) is 8.87. The van der Waals surface area contributed by atoms with Crippen LogP contribution in [0.5, 0.6) is 0 Å². The number of hydrogen-bond donors (Lipinski definition) is 2. The van der Waals surface area contributed by atoms with Crippen LogP contribution in [0.3, 0.4) is 0 Å². The van der Waals surface area contributed by atoms with E-state index < -0.39 is 15.4 Å². The second-order valence-corrected chi connectivity index (χ2v) is 9.67. The van der Waals surface area contributed by atoms with Crippen molar-refractivity contribution in [2.75, 3.05) is 22.4 Å². The minimum absolute atomic E-state index is 0.0478. The third-order valence-corrected chi connectivity index (χ3v) is 6.99. The van der Waals surface area contributed by atoms with Crippen molar-refractivity contribution in [2.45, 2.75) is 24.7 Å². The van der Waals surface area contributed by atoms with E-state index in [0.717, 1.165) is 25.5 Å². The molecule has 2 aromatic heterocycles. The maximum absolute atomic E-state index is 14.9. The normalized spacial score (nSPS) is 17.8. The Morgan fingerprint density at radius 2 is 2.07 bits per heavy atom. The zero-order valence-corrected chi connectivity index (χ0v) is 16.5. The maximum Gasteiger partial charge on any atom is 0.232 e. The Hall–Kier alpha value is -2.39. The molecule has 0 bridgehead atoms. The Balaban J connectivity index is 1.71. The highest BCUT2D eigenvalue weighted by Crippen LogP contribution is 2.56. The van der Waals surface area contributed by atoms with Gasteiger partial charge in [0.2, 0.25) is 15.3 Å². The molecule has 0 atom stereocenters. The van der Waals surface area contributed by atoms with Gasteiger partial charge in [-0.3, -0.25) is 4.31 Å². The highest BCUT2D eigenvalue weighted by atomic mass is 35.5. The molecule has 0 amide bonds. The van der Waals surface area contributed by atoms with Crippen molar-refractivity contribution in [3.8, 4) is 0 Å². The van der Waals surface area contributed by atoms with Crippen molar-refractivity contribution in [1.29, 1.82) is 0 Å². The van der Waals surface area contributed by atoms with Gasteiger partial charge >= 0.3 is 0 Å². The van der Waals surface area contributed by atoms with Crippen LogP contribution < -0.4 is 9.62 Å². The summed E-state index contributed by atoms with van der Waals surface area (Å²) in [4.78, 5) is 11.3. The molecule has 1 spiro atoms. The molecule has 3 heterocycles. The van der Waals surface area contributed by atoms with E-state index in [0.29, 0.717) is 33.8 Å². The fraction of sp³-hybridized carbons (Fsp3) is 0.333. The van der Waals surface area contributed by atoms with Crippen LogP contribution in [-0.2, 0) is 15.4 Å². The highest BCUT2D eigenvalue weighted by Gasteiger charge is 2.52. The summed E-state index contributed by atoms with van der Waals surface area (Å²) in [5.41, 5.74) is 1.41. The molecule has 28 heavy (non-hydrogen) atoms. The minimum atomic E-state index is -3.57. The Morgan fingerprint density at radius 3 is 2.75 bits per heavy atom. The second-order valence-electron chi connectivity index (χ2n) is 7.43. The molecule has 1 fully saturated rings. The van der Waals surface area contributed by atoms with Gasteiger partial charge in [-0.2, -0.15) is 9.97 Å². The van der Waals surface area contributed by atoms with Crippen LogP contribution in [-0.4, -0.2) is 36.2 Å². The van der Waals surface area contributed by atoms with E-state index in [1.54, 1.807) is 18.3 Å². The molecule has 1 saturated carbocycles. The van der Waals surface area contributed by atoms with Crippen molar-refractivity contribution in [3.63, 3.8) is 0 Å². The standard InChI is InChI=1S/C18H17ClFN5O2S/c1-28(26,27)25-9-18(6-2-7-18)13-11(20)3-4-12(14(13)25)22-16-10-5-8-21-15(10)23-17(19)24-16/h3-5,8H,2,6-7,9H2,1H3,(H2,21,22,23,24). The van der Waals surface area contributed by atoms with Gasteiger partial charge in [-0.15, -0.1) is 0 Å². The molecule has 146 valence electrons. The molecule has 0 radical (unpaired) electrons. The monoisotopic (exact) mass is 421 g/mol. The van der Waals surface area contributed by atoms with Gasteiger partial charge in [-0.1, -0.05) is 6.42 Å². The highest BCUT2D eigenvalue weighted by molar-refractivity contribution is 7.92. The van der Waals surface area contributed by atoms with Crippen LogP contribution >= 0.6 is 11.6 Å². The number of fused-ring (bicyclic) bond motifs is 3. The van der Waals surface area contributed by atoms with Gasteiger partial charge in [0, 0.05) is 23.7 Å². The molecule has 2 N–H and O–H groups in total. The molecule has 0 unspecified atom stereocenters. The average molecular weight is 422 g/mol. The number of H-pyrrole nitrogens is 1. The number of nitrogens with zero attached hydrogens (tertiary/aromatic N) is 3. The van der Waals surface area contributed by atoms with Crippen molar-refractivity contribution >= 4 is 49.9 Å². The number of benzene rings is 1. The number of hydrogen-bond acceptors (Lipinski definition) is 5. The Bertz CT molecular complexity index is 1220. The fourth-order valence-electron chi connectivity index (χ4n) is 4.30. The van der Waals surface area contributed by atoms with Gasteiger partial charge in [-0.25, -0.2) is 12.8 Å². The summed E-state index contributed by atoms with van der Waals surface area (Å²) in [5, 5.41) is 3.91. The summed E-state index contributed by atoms with van der Waals surface area (Å²) in [7, 11) is -3.57. The van der Waals surface area contributed by atoms with Crippen LogP contribution in [0.25, 0.3) is 11.0 Å². The fourth-order valence-corrected chi connectivity index (χ4v) is 5.47.